The second-order valence-corrected chi connectivity index (χ2v) is 5.43. The molecule has 1 aromatic rings. The van der Waals surface area contributed by atoms with Gasteiger partial charge in [-0.1, -0.05) is 0 Å². The molecule has 1 amide bonds. The first kappa shape index (κ1) is 12.5. The summed E-state index contributed by atoms with van der Waals surface area (Å²) in [5.41, 5.74) is 5.67. The van der Waals surface area contributed by atoms with Gasteiger partial charge in [0.1, 0.15) is 5.69 Å². The Bertz CT molecular complexity index is 399. The van der Waals surface area contributed by atoms with Crippen LogP contribution in [0.2, 0.25) is 0 Å². The van der Waals surface area contributed by atoms with Gasteiger partial charge in [0.05, 0.1) is 17.2 Å². The van der Waals surface area contributed by atoms with Gasteiger partial charge in [0.25, 0.3) is 5.91 Å². The standard InChI is InChI=1S/C11H17N3O2S/c1-11(3-5-16-7-11)14-10(15)8-6-17-9(13-8)2-4-12/h6H,2-5,7,12H2,1H3,(H,14,15). The summed E-state index contributed by atoms with van der Waals surface area (Å²) in [5.74, 6) is -0.127. The Balaban J connectivity index is 1.98. The van der Waals surface area contributed by atoms with Gasteiger partial charge in [-0.2, -0.15) is 0 Å². The van der Waals surface area contributed by atoms with Crippen molar-refractivity contribution in [2.24, 2.45) is 5.73 Å². The first-order valence-electron chi connectivity index (χ1n) is 5.68. The van der Waals surface area contributed by atoms with Crippen molar-refractivity contribution in [1.82, 2.24) is 10.3 Å². The van der Waals surface area contributed by atoms with Crippen LogP contribution in [0.5, 0.6) is 0 Å². The predicted octanol–water partition coefficient (Wildman–Crippen LogP) is 0.553. The summed E-state index contributed by atoms with van der Waals surface area (Å²) in [6.07, 6.45) is 1.57. The lowest BCUT2D eigenvalue weighted by molar-refractivity contribution is 0.0885. The van der Waals surface area contributed by atoms with Crippen LogP contribution in [-0.2, 0) is 11.2 Å². The molecule has 5 nitrogen and oxygen atoms in total. The zero-order valence-corrected chi connectivity index (χ0v) is 10.7. The van der Waals surface area contributed by atoms with Gasteiger partial charge in [0.15, 0.2) is 0 Å². The number of carbonyl (C=O) groups is 1. The number of carbonyl (C=O) groups excluding carboxylic acids is 1. The number of thiazole rings is 1. The highest BCUT2D eigenvalue weighted by atomic mass is 32.1. The molecule has 1 aromatic heterocycles. The molecule has 1 aliphatic heterocycles. The maximum absolute atomic E-state index is 12.0. The molecule has 17 heavy (non-hydrogen) atoms. The van der Waals surface area contributed by atoms with Crippen LogP contribution < -0.4 is 11.1 Å². The van der Waals surface area contributed by atoms with Crippen molar-refractivity contribution in [3.63, 3.8) is 0 Å². The Morgan fingerprint density at radius 1 is 1.76 bits per heavy atom. The maximum Gasteiger partial charge on any atom is 0.271 e. The van der Waals surface area contributed by atoms with Gasteiger partial charge in [-0.05, 0) is 19.9 Å². The van der Waals surface area contributed by atoms with Gasteiger partial charge in [0, 0.05) is 18.4 Å². The van der Waals surface area contributed by atoms with E-state index in [2.05, 4.69) is 10.3 Å². The van der Waals surface area contributed by atoms with E-state index in [1.54, 1.807) is 5.38 Å². The number of nitrogens with two attached hydrogens (primary N) is 1. The van der Waals surface area contributed by atoms with Crippen LogP contribution in [0.4, 0.5) is 0 Å². The number of rotatable bonds is 4. The molecule has 0 spiro atoms. The highest BCUT2D eigenvalue weighted by molar-refractivity contribution is 7.09. The molecule has 0 aromatic carbocycles. The molecule has 1 saturated heterocycles. The third-order valence-corrected chi connectivity index (χ3v) is 3.69. The Morgan fingerprint density at radius 3 is 3.24 bits per heavy atom. The zero-order valence-electron chi connectivity index (χ0n) is 9.86. The van der Waals surface area contributed by atoms with E-state index in [1.807, 2.05) is 6.92 Å². The lowest BCUT2D eigenvalue weighted by Crippen LogP contribution is -2.46. The lowest BCUT2D eigenvalue weighted by Gasteiger charge is -2.22. The van der Waals surface area contributed by atoms with Crippen molar-refractivity contribution in [1.29, 1.82) is 0 Å². The SMILES string of the molecule is CC1(NC(=O)c2csc(CCN)n2)CCOC1. The average molecular weight is 255 g/mol. The summed E-state index contributed by atoms with van der Waals surface area (Å²) < 4.78 is 5.29. The summed E-state index contributed by atoms with van der Waals surface area (Å²) in [6.45, 7) is 3.82. The number of ether oxygens (including phenoxy) is 1. The fourth-order valence-corrected chi connectivity index (χ4v) is 2.55. The predicted molar refractivity (Wildman–Crippen MR) is 66.2 cm³/mol. The van der Waals surface area contributed by atoms with Crippen LogP contribution in [0.25, 0.3) is 0 Å². The van der Waals surface area contributed by atoms with Crippen molar-refractivity contribution in [2.45, 2.75) is 25.3 Å². The van der Waals surface area contributed by atoms with Crippen molar-refractivity contribution >= 4 is 17.2 Å². The van der Waals surface area contributed by atoms with E-state index < -0.39 is 0 Å². The number of nitrogens with one attached hydrogen (secondary N) is 1. The third-order valence-electron chi connectivity index (χ3n) is 2.78. The van der Waals surface area contributed by atoms with Crippen LogP contribution >= 0.6 is 11.3 Å². The van der Waals surface area contributed by atoms with Gasteiger partial charge < -0.3 is 15.8 Å². The number of aromatic nitrogens is 1. The number of amides is 1. The molecule has 0 bridgehead atoms. The Labute approximate surface area is 104 Å². The van der Waals surface area contributed by atoms with E-state index >= 15 is 0 Å². The molecule has 1 unspecified atom stereocenters. The normalized spacial score (nSPS) is 23.9. The monoisotopic (exact) mass is 255 g/mol. The van der Waals surface area contributed by atoms with Crippen molar-refractivity contribution < 1.29 is 9.53 Å². The number of hydrogen-bond acceptors (Lipinski definition) is 5. The molecule has 2 heterocycles. The van der Waals surface area contributed by atoms with Gasteiger partial charge in [-0.15, -0.1) is 11.3 Å². The quantitative estimate of drug-likeness (QED) is 0.824. The van der Waals surface area contributed by atoms with Gasteiger partial charge in [0.2, 0.25) is 0 Å². The zero-order chi connectivity index (χ0) is 12.3. The molecule has 1 aliphatic rings. The summed E-state index contributed by atoms with van der Waals surface area (Å²) in [7, 11) is 0. The molecular formula is C11H17N3O2S. The third kappa shape index (κ3) is 3.02. The summed E-state index contributed by atoms with van der Waals surface area (Å²) in [6, 6.07) is 0. The highest BCUT2D eigenvalue weighted by Gasteiger charge is 2.32. The van der Waals surface area contributed by atoms with Crippen molar-refractivity contribution in [2.75, 3.05) is 19.8 Å². The molecule has 0 aliphatic carbocycles. The second-order valence-electron chi connectivity index (χ2n) is 4.48. The largest absolute Gasteiger partial charge is 0.379 e. The van der Waals surface area contributed by atoms with E-state index in [0.29, 0.717) is 25.5 Å². The van der Waals surface area contributed by atoms with E-state index in [4.69, 9.17) is 10.5 Å². The highest BCUT2D eigenvalue weighted by Crippen LogP contribution is 2.18. The van der Waals surface area contributed by atoms with E-state index in [-0.39, 0.29) is 11.4 Å². The fraction of sp³-hybridized carbons (Fsp3) is 0.636. The van der Waals surface area contributed by atoms with Crippen LogP contribution in [0, 0.1) is 0 Å². The fourth-order valence-electron chi connectivity index (χ4n) is 1.76. The van der Waals surface area contributed by atoms with Gasteiger partial charge in [-0.25, -0.2) is 4.98 Å². The molecular weight excluding hydrogens is 238 g/mol. The number of nitrogens with zero attached hydrogens (tertiary/aromatic N) is 1. The maximum atomic E-state index is 12.0. The molecule has 0 radical (unpaired) electrons. The Hall–Kier alpha value is -0.980. The van der Waals surface area contributed by atoms with Gasteiger partial charge >= 0.3 is 0 Å². The molecule has 6 heteroatoms. The summed E-state index contributed by atoms with van der Waals surface area (Å²) in [5, 5.41) is 5.66. The molecule has 0 saturated carbocycles. The molecule has 1 atom stereocenters. The average Bonchev–Trinajstić information content (AvgIpc) is 2.88. The number of hydrogen-bond donors (Lipinski definition) is 2. The molecule has 3 N–H and O–H groups in total. The Kier molecular flexibility index (Phi) is 3.76. The Morgan fingerprint density at radius 2 is 2.59 bits per heavy atom. The molecule has 2 rings (SSSR count). The minimum Gasteiger partial charge on any atom is -0.379 e. The first-order chi connectivity index (χ1) is 8.13. The summed E-state index contributed by atoms with van der Waals surface area (Å²) >= 11 is 1.48. The van der Waals surface area contributed by atoms with E-state index in [1.165, 1.54) is 11.3 Å². The summed E-state index contributed by atoms with van der Waals surface area (Å²) in [4.78, 5) is 16.2. The van der Waals surface area contributed by atoms with Gasteiger partial charge in [-0.3, -0.25) is 4.79 Å². The van der Waals surface area contributed by atoms with Crippen LogP contribution in [0.15, 0.2) is 5.38 Å². The van der Waals surface area contributed by atoms with Crippen molar-refractivity contribution in [3.8, 4) is 0 Å². The second kappa shape index (κ2) is 5.12. The lowest BCUT2D eigenvalue weighted by atomic mass is 10.0. The smallest absolute Gasteiger partial charge is 0.271 e. The van der Waals surface area contributed by atoms with Crippen LogP contribution in [-0.4, -0.2) is 36.2 Å². The van der Waals surface area contributed by atoms with Crippen molar-refractivity contribution in [3.05, 3.63) is 16.1 Å². The molecule has 94 valence electrons. The minimum atomic E-state index is -0.255. The molecule has 1 fully saturated rings. The van der Waals surface area contributed by atoms with Crippen LogP contribution in [0.1, 0.15) is 28.8 Å². The van der Waals surface area contributed by atoms with E-state index in [9.17, 15) is 4.79 Å². The van der Waals surface area contributed by atoms with Crippen LogP contribution in [0.3, 0.4) is 0 Å². The minimum absolute atomic E-state index is 0.127. The topological polar surface area (TPSA) is 77.2 Å². The van der Waals surface area contributed by atoms with E-state index in [0.717, 1.165) is 17.8 Å². The first-order valence-corrected chi connectivity index (χ1v) is 6.56.